The Bertz CT molecular complexity index is 723. The van der Waals surface area contributed by atoms with Gasteiger partial charge in [-0.1, -0.05) is 30.3 Å². The van der Waals surface area contributed by atoms with E-state index in [0.717, 1.165) is 23.5 Å². The van der Waals surface area contributed by atoms with E-state index >= 15 is 0 Å². The van der Waals surface area contributed by atoms with Crippen LogP contribution in [0.1, 0.15) is 18.4 Å². The lowest BCUT2D eigenvalue weighted by Gasteiger charge is -2.36. The molecule has 5 nitrogen and oxygen atoms in total. The van der Waals surface area contributed by atoms with Crippen LogP contribution >= 0.6 is 0 Å². The van der Waals surface area contributed by atoms with Gasteiger partial charge in [-0.05, 0) is 56.8 Å². The molecule has 1 aliphatic rings. The van der Waals surface area contributed by atoms with E-state index in [0.29, 0.717) is 32.7 Å². The van der Waals surface area contributed by atoms with E-state index in [1.807, 2.05) is 68.7 Å². The predicted molar refractivity (Wildman–Crippen MR) is 107 cm³/mol. The SMILES string of the molecule is CN(C)CCOc1ccc(NC(=O)C2(c3ccccc3)CCOCC2)cc1. The normalized spacial score (nSPS) is 16.1. The molecule has 1 amide bonds. The summed E-state index contributed by atoms with van der Waals surface area (Å²) in [7, 11) is 4.03. The fourth-order valence-electron chi connectivity index (χ4n) is 3.36. The number of nitrogens with zero attached hydrogens (tertiary/aromatic N) is 1. The van der Waals surface area contributed by atoms with Crippen LogP contribution in [0.25, 0.3) is 0 Å². The number of nitrogens with one attached hydrogen (secondary N) is 1. The van der Waals surface area contributed by atoms with Crippen LogP contribution in [0.5, 0.6) is 5.75 Å². The van der Waals surface area contributed by atoms with Gasteiger partial charge in [-0.2, -0.15) is 0 Å². The van der Waals surface area contributed by atoms with Gasteiger partial charge in [0.25, 0.3) is 0 Å². The molecule has 1 N–H and O–H groups in total. The van der Waals surface area contributed by atoms with Gasteiger partial charge in [-0.15, -0.1) is 0 Å². The molecule has 0 atom stereocenters. The summed E-state index contributed by atoms with van der Waals surface area (Å²) in [5.41, 5.74) is 1.29. The van der Waals surface area contributed by atoms with Crippen molar-refractivity contribution < 1.29 is 14.3 Å². The molecule has 0 saturated carbocycles. The number of hydrogen-bond acceptors (Lipinski definition) is 4. The number of benzene rings is 2. The molecule has 1 aliphatic heterocycles. The van der Waals surface area contributed by atoms with E-state index in [2.05, 4.69) is 10.2 Å². The second-order valence-corrected chi connectivity index (χ2v) is 7.19. The molecule has 0 bridgehead atoms. The second-order valence-electron chi connectivity index (χ2n) is 7.19. The van der Waals surface area contributed by atoms with Gasteiger partial charge < -0.3 is 19.7 Å². The van der Waals surface area contributed by atoms with Crippen LogP contribution < -0.4 is 10.1 Å². The van der Waals surface area contributed by atoms with Crippen molar-refractivity contribution >= 4 is 11.6 Å². The van der Waals surface area contributed by atoms with Gasteiger partial charge in [0.05, 0.1) is 5.41 Å². The van der Waals surface area contributed by atoms with Crippen molar-refractivity contribution in [1.82, 2.24) is 4.90 Å². The summed E-state index contributed by atoms with van der Waals surface area (Å²) < 4.78 is 11.2. The summed E-state index contributed by atoms with van der Waals surface area (Å²) >= 11 is 0. The van der Waals surface area contributed by atoms with Gasteiger partial charge in [0.15, 0.2) is 0 Å². The largest absolute Gasteiger partial charge is 0.492 e. The third-order valence-corrected chi connectivity index (χ3v) is 5.03. The highest BCUT2D eigenvalue weighted by molar-refractivity contribution is 5.99. The molecule has 1 heterocycles. The number of rotatable bonds is 7. The maximum Gasteiger partial charge on any atom is 0.235 e. The first-order valence-corrected chi connectivity index (χ1v) is 9.42. The maximum absolute atomic E-state index is 13.2. The highest BCUT2D eigenvalue weighted by Crippen LogP contribution is 2.36. The van der Waals surface area contributed by atoms with Crippen LogP contribution in [0.3, 0.4) is 0 Å². The average molecular weight is 368 g/mol. The van der Waals surface area contributed by atoms with Crippen molar-refractivity contribution in [2.45, 2.75) is 18.3 Å². The van der Waals surface area contributed by atoms with Gasteiger partial charge in [0.2, 0.25) is 5.91 Å². The Morgan fingerprint density at radius 2 is 1.74 bits per heavy atom. The van der Waals surface area contributed by atoms with E-state index < -0.39 is 5.41 Å². The van der Waals surface area contributed by atoms with Crippen molar-refractivity contribution in [2.75, 3.05) is 45.8 Å². The average Bonchev–Trinajstić information content (AvgIpc) is 2.70. The van der Waals surface area contributed by atoms with E-state index in [1.165, 1.54) is 0 Å². The number of amides is 1. The standard InChI is InChI=1S/C22H28N2O3/c1-24(2)14-17-27-20-10-8-19(9-11-20)23-21(25)22(12-15-26-16-13-22)18-6-4-3-5-7-18/h3-11H,12-17H2,1-2H3,(H,23,25). The van der Waals surface area contributed by atoms with Gasteiger partial charge in [-0.25, -0.2) is 0 Å². The molecule has 2 aromatic rings. The third-order valence-electron chi connectivity index (χ3n) is 5.03. The summed E-state index contributed by atoms with van der Waals surface area (Å²) in [4.78, 5) is 15.3. The molecule has 27 heavy (non-hydrogen) atoms. The number of ether oxygens (including phenoxy) is 2. The van der Waals surface area contributed by atoms with Crippen LogP contribution in [0.4, 0.5) is 5.69 Å². The number of carbonyl (C=O) groups excluding carboxylic acids is 1. The minimum atomic E-state index is -0.541. The van der Waals surface area contributed by atoms with E-state index in [4.69, 9.17) is 9.47 Å². The lowest BCUT2D eigenvalue weighted by Crippen LogP contribution is -2.44. The zero-order valence-corrected chi connectivity index (χ0v) is 16.1. The molecule has 0 aliphatic carbocycles. The quantitative estimate of drug-likeness (QED) is 0.815. The fraction of sp³-hybridized carbons (Fsp3) is 0.409. The molecule has 1 saturated heterocycles. The first-order valence-electron chi connectivity index (χ1n) is 9.42. The Hall–Kier alpha value is -2.37. The lowest BCUT2D eigenvalue weighted by atomic mass is 9.73. The van der Waals surface area contributed by atoms with Gasteiger partial charge >= 0.3 is 0 Å². The first kappa shape index (κ1) is 19.4. The Kier molecular flexibility index (Phi) is 6.48. The molecule has 3 rings (SSSR count). The first-order chi connectivity index (χ1) is 13.1. The summed E-state index contributed by atoms with van der Waals surface area (Å²) in [5.74, 6) is 0.831. The minimum absolute atomic E-state index is 0.0262. The van der Waals surface area contributed by atoms with Crippen LogP contribution in [-0.2, 0) is 14.9 Å². The van der Waals surface area contributed by atoms with Gasteiger partial charge in [0, 0.05) is 25.4 Å². The number of carbonyl (C=O) groups is 1. The topological polar surface area (TPSA) is 50.8 Å². The minimum Gasteiger partial charge on any atom is -0.492 e. The zero-order valence-electron chi connectivity index (χ0n) is 16.1. The number of anilines is 1. The molecule has 0 spiro atoms. The van der Waals surface area contributed by atoms with Crippen molar-refractivity contribution in [2.24, 2.45) is 0 Å². The Labute approximate surface area is 161 Å². The van der Waals surface area contributed by atoms with Crippen LogP contribution in [0.15, 0.2) is 54.6 Å². The van der Waals surface area contributed by atoms with E-state index in [-0.39, 0.29) is 5.91 Å². The number of likely N-dealkylation sites (N-methyl/N-ethyl adjacent to an activating group) is 1. The highest BCUT2D eigenvalue weighted by atomic mass is 16.5. The second kappa shape index (κ2) is 9.02. The molecule has 2 aromatic carbocycles. The predicted octanol–water partition coefficient (Wildman–Crippen LogP) is 3.31. The highest BCUT2D eigenvalue weighted by Gasteiger charge is 2.41. The van der Waals surface area contributed by atoms with E-state index in [9.17, 15) is 4.79 Å². The van der Waals surface area contributed by atoms with E-state index in [1.54, 1.807) is 0 Å². The smallest absolute Gasteiger partial charge is 0.235 e. The summed E-state index contributed by atoms with van der Waals surface area (Å²) in [6.07, 6.45) is 1.38. The van der Waals surface area contributed by atoms with Crippen molar-refractivity contribution in [3.8, 4) is 5.75 Å². The summed E-state index contributed by atoms with van der Waals surface area (Å²) in [6.45, 7) is 2.69. The lowest BCUT2D eigenvalue weighted by molar-refractivity contribution is -0.125. The molecule has 0 aromatic heterocycles. The van der Waals surface area contributed by atoms with Crippen molar-refractivity contribution in [3.05, 3.63) is 60.2 Å². The summed E-state index contributed by atoms with van der Waals surface area (Å²) in [5, 5.41) is 3.09. The Morgan fingerprint density at radius 3 is 2.37 bits per heavy atom. The maximum atomic E-state index is 13.2. The molecule has 0 radical (unpaired) electrons. The summed E-state index contributed by atoms with van der Waals surface area (Å²) in [6, 6.07) is 17.6. The molecule has 1 fully saturated rings. The molecule has 0 unspecified atom stereocenters. The zero-order chi connectivity index (χ0) is 19.1. The molecule has 144 valence electrons. The fourth-order valence-corrected chi connectivity index (χ4v) is 3.36. The van der Waals surface area contributed by atoms with Crippen molar-refractivity contribution in [3.63, 3.8) is 0 Å². The van der Waals surface area contributed by atoms with Crippen LogP contribution in [-0.4, -0.2) is 51.3 Å². The van der Waals surface area contributed by atoms with Crippen LogP contribution in [0.2, 0.25) is 0 Å². The Morgan fingerprint density at radius 1 is 1.07 bits per heavy atom. The number of hydrogen-bond donors (Lipinski definition) is 1. The monoisotopic (exact) mass is 368 g/mol. The molecular weight excluding hydrogens is 340 g/mol. The molecule has 5 heteroatoms. The van der Waals surface area contributed by atoms with Gasteiger partial charge in [0.1, 0.15) is 12.4 Å². The van der Waals surface area contributed by atoms with Gasteiger partial charge in [-0.3, -0.25) is 4.79 Å². The molecular formula is C22H28N2O3. The van der Waals surface area contributed by atoms with Crippen LogP contribution in [0, 0.1) is 0 Å². The van der Waals surface area contributed by atoms with Crippen molar-refractivity contribution in [1.29, 1.82) is 0 Å². The third kappa shape index (κ3) is 4.87. The Balaban J connectivity index is 1.69.